The van der Waals surface area contributed by atoms with Crippen molar-refractivity contribution in [2.24, 2.45) is 0 Å². The molecule has 0 spiro atoms. The summed E-state index contributed by atoms with van der Waals surface area (Å²) in [6, 6.07) is 8.97. The van der Waals surface area contributed by atoms with E-state index in [-0.39, 0.29) is 0 Å². The first-order valence-electron chi connectivity index (χ1n) is 7.67. The van der Waals surface area contributed by atoms with Crippen LogP contribution >= 0.6 is 0 Å². The Bertz CT molecular complexity index is 431. The van der Waals surface area contributed by atoms with Gasteiger partial charge < -0.3 is 10.2 Å². The smallest absolute Gasteiger partial charge is 0.0328 e. The van der Waals surface area contributed by atoms with Gasteiger partial charge in [0.05, 0.1) is 0 Å². The molecule has 104 valence electrons. The van der Waals surface area contributed by atoms with E-state index >= 15 is 0 Å². The summed E-state index contributed by atoms with van der Waals surface area (Å²) in [6.07, 6.45) is 6.85. The van der Waals surface area contributed by atoms with Crippen molar-refractivity contribution in [3.63, 3.8) is 0 Å². The standard InChI is InChI=1S/C17H26N2/c1-19(2)17(10-5-11-17)13-18-12-15-6-3-4-7-16(15)14-8-9-14/h3-4,6-7,14,18H,5,8-13H2,1-2H3. The van der Waals surface area contributed by atoms with Crippen molar-refractivity contribution in [3.8, 4) is 0 Å². The van der Waals surface area contributed by atoms with Crippen molar-refractivity contribution < 1.29 is 0 Å². The van der Waals surface area contributed by atoms with Crippen molar-refractivity contribution in [3.05, 3.63) is 35.4 Å². The summed E-state index contributed by atoms with van der Waals surface area (Å²) in [5, 5.41) is 3.71. The number of nitrogens with one attached hydrogen (secondary N) is 1. The highest BCUT2D eigenvalue weighted by molar-refractivity contribution is 5.33. The Balaban J connectivity index is 1.58. The lowest BCUT2D eigenvalue weighted by molar-refractivity contribution is 0.0598. The summed E-state index contributed by atoms with van der Waals surface area (Å²) < 4.78 is 0. The Hall–Kier alpha value is -0.860. The molecule has 0 amide bonds. The highest BCUT2D eigenvalue weighted by Crippen LogP contribution is 2.41. The van der Waals surface area contributed by atoms with Crippen molar-refractivity contribution >= 4 is 0 Å². The van der Waals surface area contributed by atoms with Gasteiger partial charge in [0.15, 0.2) is 0 Å². The summed E-state index contributed by atoms with van der Waals surface area (Å²) in [5.41, 5.74) is 3.52. The predicted octanol–water partition coefficient (Wildman–Crippen LogP) is 3.14. The van der Waals surface area contributed by atoms with Gasteiger partial charge in [-0.2, -0.15) is 0 Å². The molecule has 2 nitrogen and oxygen atoms in total. The summed E-state index contributed by atoms with van der Waals surface area (Å²) in [5.74, 6) is 0.851. The highest BCUT2D eigenvalue weighted by Gasteiger charge is 2.38. The average Bonchev–Trinajstić information content (AvgIpc) is 3.16. The monoisotopic (exact) mass is 258 g/mol. The Morgan fingerprint density at radius 2 is 1.95 bits per heavy atom. The van der Waals surface area contributed by atoms with E-state index in [1.165, 1.54) is 37.7 Å². The van der Waals surface area contributed by atoms with E-state index in [1.807, 2.05) is 0 Å². The maximum atomic E-state index is 3.71. The van der Waals surface area contributed by atoms with E-state index in [0.29, 0.717) is 5.54 Å². The van der Waals surface area contributed by atoms with Gasteiger partial charge in [0.2, 0.25) is 0 Å². The number of nitrogens with zero attached hydrogens (tertiary/aromatic N) is 1. The fraction of sp³-hybridized carbons (Fsp3) is 0.647. The minimum absolute atomic E-state index is 0.425. The zero-order valence-electron chi connectivity index (χ0n) is 12.3. The minimum atomic E-state index is 0.425. The maximum absolute atomic E-state index is 3.71. The molecule has 2 fully saturated rings. The topological polar surface area (TPSA) is 15.3 Å². The van der Waals surface area contributed by atoms with E-state index in [2.05, 4.69) is 48.6 Å². The third-order valence-electron chi connectivity index (χ3n) is 5.07. The molecule has 2 aliphatic carbocycles. The van der Waals surface area contributed by atoms with Crippen LogP contribution in [0.2, 0.25) is 0 Å². The molecule has 2 aliphatic rings. The molecule has 0 aliphatic heterocycles. The average molecular weight is 258 g/mol. The van der Waals surface area contributed by atoms with Crippen LogP contribution in [0.15, 0.2) is 24.3 Å². The molecule has 2 heteroatoms. The Labute approximate surface area is 117 Å². The third kappa shape index (κ3) is 2.70. The first kappa shape index (κ1) is 13.1. The van der Waals surface area contributed by atoms with Crippen molar-refractivity contribution in [2.45, 2.75) is 50.1 Å². The van der Waals surface area contributed by atoms with Gasteiger partial charge in [0, 0.05) is 18.6 Å². The van der Waals surface area contributed by atoms with Crippen LogP contribution in [-0.4, -0.2) is 31.1 Å². The van der Waals surface area contributed by atoms with Crippen LogP contribution in [0, 0.1) is 0 Å². The van der Waals surface area contributed by atoms with Crippen LogP contribution in [0.4, 0.5) is 0 Å². The minimum Gasteiger partial charge on any atom is -0.311 e. The van der Waals surface area contributed by atoms with Gasteiger partial charge in [-0.15, -0.1) is 0 Å². The maximum Gasteiger partial charge on any atom is 0.0328 e. The van der Waals surface area contributed by atoms with E-state index < -0.39 is 0 Å². The predicted molar refractivity (Wildman–Crippen MR) is 80.4 cm³/mol. The zero-order valence-corrected chi connectivity index (χ0v) is 12.3. The van der Waals surface area contributed by atoms with Gasteiger partial charge in [0.1, 0.15) is 0 Å². The van der Waals surface area contributed by atoms with Crippen LogP contribution in [0.5, 0.6) is 0 Å². The van der Waals surface area contributed by atoms with Gasteiger partial charge in [0.25, 0.3) is 0 Å². The largest absolute Gasteiger partial charge is 0.311 e. The normalized spacial score (nSPS) is 21.4. The highest BCUT2D eigenvalue weighted by atomic mass is 15.2. The SMILES string of the molecule is CN(C)C1(CNCc2ccccc2C2CC2)CCC1. The molecule has 0 saturated heterocycles. The summed E-state index contributed by atoms with van der Waals surface area (Å²) in [4.78, 5) is 2.41. The van der Waals surface area contributed by atoms with Crippen molar-refractivity contribution in [2.75, 3.05) is 20.6 Å². The number of hydrogen-bond donors (Lipinski definition) is 1. The van der Waals surface area contributed by atoms with Crippen molar-refractivity contribution in [1.82, 2.24) is 10.2 Å². The zero-order chi connectivity index (χ0) is 13.3. The Morgan fingerprint density at radius 1 is 1.21 bits per heavy atom. The summed E-state index contributed by atoms with van der Waals surface area (Å²) in [7, 11) is 4.44. The number of benzene rings is 1. The van der Waals surface area contributed by atoms with E-state index in [4.69, 9.17) is 0 Å². The lowest BCUT2D eigenvalue weighted by atomic mass is 9.75. The molecule has 0 aromatic heterocycles. The van der Waals surface area contributed by atoms with E-state index in [9.17, 15) is 0 Å². The van der Waals surface area contributed by atoms with Crippen LogP contribution in [0.3, 0.4) is 0 Å². The molecule has 0 heterocycles. The molecule has 0 unspecified atom stereocenters. The van der Waals surface area contributed by atoms with Crippen LogP contribution < -0.4 is 5.32 Å². The molecule has 2 saturated carbocycles. The Morgan fingerprint density at radius 3 is 2.53 bits per heavy atom. The Kier molecular flexibility index (Phi) is 3.64. The van der Waals surface area contributed by atoms with Gasteiger partial charge in [-0.25, -0.2) is 0 Å². The van der Waals surface area contributed by atoms with Crippen LogP contribution in [-0.2, 0) is 6.54 Å². The molecular weight excluding hydrogens is 232 g/mol. The van der Waals surface area contributed by atoms with Gasteiger partial charge in [-0.1, -0.05) is 24.3 Å². The second kappa shape index (κ2) is 5.26. The molecule has 1 N–H and O–H groups in total. The van der Waals surface area contributed by atoms with Gasteiger partial charge in [-0.3, -0.25) is 0 Å². The molecule has 19 heavy (non-hydrogen) atoms. The summed E-state index contributed by atoms with van der Waals surface area (Å²) in [6.45, 7) is 2.15. The molecule has 0 atom stereocenters. The van der Waals surface area contributed by atoms with E-state index in [1.54, 1.807) is 5.56 Å². The summed E-state index contributed by atoms with van der Waals surface area (Å²) >= 11 is 0. The molecular formula is C17H26N2. The second-order valence-electron chi connectivity index (χ2n) is 6.55. The fourth-order valence-electron chi connectivity index (χ4n) is 3.28. The molecule has 0 bridgehead atoms. The number of likely N-dealkylation sites (N-methyl/N-ethyl adjacent to an activating group) is 1. The molecule has 3 rings (SSSR count). The van der Waals surface area contributed by atoms with E-state index in [0.717, 1.165) is 19.0 Å². The first-order valence-corrected chi connectivity index (χ1v) is 7.67. The molecule has 1 aromatic carbocycles. The van der Waals surface area contributed by atoms with Crippen LogP contribution in [0.25, 0.3) is 0 Å². The number of rotatable bonds is 6. The third-order valence-corrected chi connectivity index (χ3v) is 5.07. The molecule has 1 aromatic rings. The van der Waals surface area contributed by atoms with Crippen LogP contribution in [0.1, 0.15) is 49.1 Å². The fourth-order valence-corrected chi connectivity index (χ4v) is 3.28. The van der Waals surface area contributed by atoms with Gasteiger partial charge >= 0.3 is 0 Å². The first-order chi connectivity index (χ1) is 9.21. The second-order valence-corrected chi connectivity index (χ2v) is 6.55. The van der Waals surface area contributed by atoms with Crippen molar-refractivity contribution in [1.29, 1.82) is 0 Å². The van der Waals surface area contributed by atoms with Gasteiger partial charge in [-0.05, 0) is 63.2 Å². The lowest BCUT2D eigenvalue weighted by Crippen LogP contribution is -2.56. The lowest BCUT2D eigenvalue weighted by Gasteiger charge is -2.47. The quantitative estimate of drug-likeness (QED) is 0.843. The molecule has 0 radical (unpaired) electrons. The number of hydrogen-bond acceptors (Lipinski definition) is 2.